The third-order valence-corrected chi connectivity index (χ3v) is 9.43. The van der Waals surface area contributed by atoms with Gasteiger partial charge in [0.15, 0.2) is 0 Å². The topological polar surface area (TPSA) is 24.7 Å². The van der Waals surface area contributed by atoms with Gasteiger partial charge in [-0.05, 0) is 48.5 Å². The minimum atomic E-state index is -1.50. The van der Waals surface area contributed by atoms with E-state index in [4.69, 9.17) is 11.6 Å². The second-order valence-electron chi connectivity index (χ2n) is 5.79. The molecule has 0 aromatic heterocycles. The van der Waals surface area contributed by atoms with Gasteiger partial charge in [0.25, 0.3) is 0 Å². The molecule has 0 aliphatic carbocycles. The van der Waals surface area contributed by atoms with Gasteiger partial charge in [-0.3, -0.25) is 0 Å². The summed E-state index contributed by atoms with van der Waals surface area (Å²) in [6, 6.07) is 18.8. The maximum Gasteiger partial charge on any atom is 0.138 e. The Balaban J connectivity index is 2.37. The predicted molar refractivity (Wildman–Crippen MR) is 106 cm³/mol. The lowest BCUT2D eigenvalue weighted by molar-refractivity contribution is 1.20. The van der Waals surface area contributed by atoms with Crippen LogP contribution in [-0.4, -0.2) is 8.07 Å². The molecule has 0 saturated carbocycles. The van der Waals surface area contributed by atoms with Crippen molar-refractivity contribution in [3.63, 3.8) is 0 Å². The molecule has 0 bridgehead atoms. The van der Waals surface area contributed by atoms with Crippen LogP contribution < -0.4 is 0 Å². The van der Waals surface area contributed by atoms with Crippen LogP contribution in [0.4, 0.5) is 11.4 Å². The van der Waals surface area contributed by atoms with Gasteiger partial charge in [0, 0.05) is 5.02 Å². The van der Waals surface area contributed by atoms with Crippen molar-refractivity contribution in [1.29, 1.82) is 0 Å². The maximum absolute atomic E-state index is 6.16. The minimum absolute atomic E-state index is 0.676. The molecule has 0 fully saturated rings. The highest BCUT2D eigenvalue weighted by molar-refractivity contribution is 6.87. The van der Waals surface area contributed by atoms with E-state index in [0.29, 0.717) is 5.02 Å². The SMILES string of the molecule is CC[Si](C#Cc1cc(Cl)ccc1N=Nc1ccccc1)(CC)CC. The second kappa shape index (κ2) is 8.82. The minimum Gasteiger partial charge on any atom is -0.151 e. The molecule has 0 spiro atoms. The van der Waals surface area contributed by atoms with E-state index in [-0.39, 0.29) is 0 Å². The Labute approximate surface area is 151 Å². The van der Waals surface area contributed by atoms with E-state index in [1.54, 1.807) is 0 Å². The predicted octanol–water partition coefficient (Wildman–Crippen LogP) is 7.15. The Bertz CT molecular complexity index is 748. The lowest BCUT2D eigenvalue weighted by Gasteiger charge is -2.20. The van der Waals surface area contributed by atoms with Crippen LogP contribution in [-0.2, 0) is 0 Å². The lowest BCUT2D eigenvalue weighted by Crippen LogP contribution is -2.29. The summed E-state index contributed by atoms with van der Waals surface area (Å²) in [6.45, 7) is 6.76. The molecule has 2 aromatic carbocycles. The molecule has 24 heavy (non-hydrogen) atoms. The molecule has 0 saturated heterocycles. The zero-order chi connectivity index (χ0) is 17.4. The molecule has 0 radical (unpaired) electrons. The van der Waals surface area contributed by atoms with Gasteiger partial charge in [-0.1, -0.05) is 56.5 Å². The molecule has 0 heterocycles. The summed E-state index contributed by atoms with van der Waals surface area (Å²) in [4.78, 5) is 0. The summed E-state index contributed by atoms with van der Waals surface area (Å²) in [5.74, 6) is 3.36. The molecule has 0 unspecified atom stereocenters. The fourth-order valence-corrected chi connectivity index (χ4v) is 5.12. The number of hydrogen-bond acceptors (Lipinski definition) is 2. The zero-order valence-electron chi connectivity index (χ0n) is 14.5. The fraction of sp³-hybridized carbons (Fsp3) is 0.300. The first kappa shape index (κ1) is 18.4. The highest BCUT2D eigenvalue weighted by atomic mass is 35.5. The van der Waals surface area contributed by atoms with Gasteiger partial charge in [0.2, 0.25) is 0 Å². The largest absolute Gasteiger partial charge is 0.151 e. The van der Waals surface area contributed by atoms with Crippen LogP contribution in [0.25, 0.3) is 0 Å². The average Bonchev–Trinajstić information content (AvgIpc) is 2.63. The molecule has 0 amide bonds. The summed E-state index contributed by atoms with van der Waals surface area (Å²) in [6.07, 6.45) is 0. The monoisotopic (exact) mass is 354 g/mol. The Hall–Kier alpha value is -1.89. The van der Waals surface area contributed by atoms with Gasteiger partial charge < -0.3 is 0 Å². The van der Waals surface area contributed by atoms with Crippen LogP contribution in [0.5, 0.6) is 0 Å². The number of nitrogens with zero attached hydrogens (tertiary/aromatic N) is 2. The molecule has 0 aliphatic heterocycles. The van der Waals surface area contributed by atoms with E-state index in [2.05, 4.69) is 42.5 Å². The third-order valence-electron chi connectivity index (χ3n) is 4.48. The van der Waals surface area contributed by atoms with E-state index < -0.39 is 8.07 Å². The average molecular weight is 355 g/mol. The first-order valence-corrected chi connectivity index (χ1v) is 11.4. The highest BCUT2D eigenvalue weighted by Gasteiger charge is 2.24. The van der Waals surface area contributed by atoms with Gasteiger partial charge >= 0.3 is 0 Å². The van der Waals surface area contributed by atoms with E-state index in [9.17, 15) is 0 Å². The molecule has 2 rings (SSSR count). The first-order chi connectivity index (χ1) is 11.6. The number of hydrogen-bond donors (Lipinski definition) is 0. The molecule has 2 aromatic rings. The van der Waals surface area contributed by atoms with Crippen LogP contribution in [0.1, 0.15) is 26.3 Å². The van der Waals surface area contributed by atoms with Gasteiger partial charge in [-0.2, -0.15) is 5.11 Å². The van der Waals surface area contributed by atoms with Crippen LogP contribution >= 0.6 is 11.6 Å². The molecule has 4 heteroatoms. The Morgan fingerprint density at radius 1 is 0.917 bits per heavy atom. The van der Waals surface area contributed by atoms with Crippen LogP contribution in [0.15, 0.2) is 58.8 Å². The number of benzene rings is 2. The van der Waals surface area contributed by atoms with Crippen molar-refractivity contribution in [2.45, 2.75) is 38.9 Å². The molecule has 124 valence electrons. The third kappa shape index (κ3) is 4.80. The van der Waals surface area contributed by atoms with Gasteiger partial charge in [0.05, 0.1) is 11.3 Å². The quantitative estimate of drug-likeness (QED) is 0.309. The van der Waals surface area contributed by atoms with E-state index in [1.807, 2.05) is 48.5 Å². The summed E-state index contributed by atoms with van der Waals surface area (Å²) in [7, 11) is -1.50. The van der Waals surface area contributed by atoms with Crippen LogP contribution in [0.3, 0.4) is 0 Å². The summed E-state index contributed by atoms with van der Waals surface area (Å²) < 4.78 is 0. The second-order valence-corrected chi connectivity index (χ2v) is 11.2. The highest BCUT2D eigenvalue weighted by Crippen LogP contribution is 2.26. The number of halogens is 1. The first-order valence-electron chi connectivity index (χ1n) is 8.42. The van der Waals surface area contributed by atoms with Crippen molar-refractivity contribution < 1.29 is 0 Å². The van der Waals surface area contributed by atoms with E-state index in [1.165, 1.54) is 18.1 Å². The molecule has 0 atom stereocenters. The standard InChI is InChI=1S/C20H23ClN2Si/c1-4-24(5-2,6-3)15-14-17-16-18(21)12-13-20(17)23-22-19-10-8-7-9-11-19/h7-13,16H,4-6H2,1-3H3. The van der Waals surface area contributed by atoms with Crippen LogP contribution in [0.2, 0.25) is 23.2 Å². The van der Waals surface area contributed by atoms with Crippen molar-refractivity contribution in [1.82, 2.24) is 0 Å². The fourth-order valence-electron chi connectivity index (χ4n) is 2.52. The molecule has 0 N–H and O–H groups in total. The van der Waals surface area contributed by atoms with Gasteiger partial charge in [-0.15, -0.1) is 10.7 Å². The summed E-state index contributed by atoms with van der Waals surface area (Å²) >= 11 is 6.16. The Kier molecular flexibility index (Phi) is 6.78. The van der Waals surface area contributed by atoms with Crippen molar-refractivity contribution >= 4 is 31.0 Å². The molecular weight excluding hydrogens is 332 g/mol. The normalized spacial score (nSPS) is 11.3. The Morgan fingerprint density at radius 2 is 1.58 bits per heavy atom. The smallest absolute Gasteiger partial charge is 0.138 e. The van der Waals surface area contributed by atoms with Crippen molar-refractivity contribution in [3.05, 3.63) is 59.1 Å². The van der Waals surface area contributed by atoms with Crippen molar-refractivity contribution in [2.75, 3.05) is 0 Å². The van der Waals surface area contributed by atoms with Gasteiger partial charge in [-0.25, -0.2) is 0 Å². The Morgan fingerprint density at radius 3 is 2.21 bits per heavy atom. The number of azo groups is 1. The summed E-state index contributed by atoms with van der Waals surface area (Å²) in [5.41, 5.74) is 6.04. The van der Waals surface area contributed by atoms with E-state index in [0.717, 1.165) is 16.9 Å². The zero-order valence-corrected chi connectivity index (χ0v) is 16.3. The van der Waals surface area contributed by atoms with E-state index >= 15 is 0 Å². The molecule has 0 aliphatic rings. The number of rotatable bonds is 5. The van der Waals surface area contributed by atoms with Gasteiger partial charge in [0.1, 0.15) is 13.8 Å². The molecule has 2 nitrogen and oxygen atoms in total. The lowest BCUT2D eigenvalue weighted by atomic mass is 10.2. The maximum atomic E-state index is 6.16. The molecular formula is C20H23ClN2Si. The van der Waals surface area contributed by atoms with Crippen molar-refractivity contribution in [2.24, 2.45) is 10.2 Å². The van der Waals surface area contributed by atoms with Crippen LogP contribution in [0, 0.1) is 11.5 Å². The summed E-state index contributed by atoms with van der Waals surface area (Å²) in [5, 5.41) is 9.35. The van der Waals surface area contributed by atoms with Crippen molar-refractivity contribution in [3.8, 4) is 11.5 Å².